The summed E-state index contributed by atoms with van der Waals surface area (Å²) in [5.74, 6) is 0.0945. The first-order valence-corrected chi connectivity index (χ1v) is 8.97. The van der Waals surface area contributed by atoms with Gasteiger partial charge >= 0.3 is 6.61 Å². The molecule has 3 rings (SSSR count). The van der Waals surface area contributed by atoms with Crippen LogP contribution in [0.25, 0.3) is 11.3 Å². The van der Waals surface area contributed by atoms with Gasteiger partial charge in [0.25, 0.3) is 0 Å². The topological polar surface area (TPSA) is 77.2 Å². The quantitative estimate of drug-likeness (QED) is 0.816. The van der Waals surface area contributed by atoms with E-state index in [0.29, 0.717) is 22.9 Å². The maximum absolute atomic E-state index is 12.5. The summed E-state index contributed by atoms with van der Waals surface area (Å²) in [6.45, 7) is -2.41. The second-order valence-corrected chi connectivity index (χ2v) is 6.79. The molecule has 1 saturated carbocycles. The van der Waals surface area contributed by atoms with E-state index < -0.39 is 6.61 Å². The van der Waals surface area contributed by atoms with Crippen molar-refractivity contribution in [1.29, 1.82) is 0 Å². The first-order chi connectivity index (χ1) is 12.1. The van der Waals surface area contributed by atoms with Crippen molar-refractivity contribution >= 4 is 22.4 Å². The van der Waals surface area contributed by atoms with Crippen molar-refractivity contribution < 1.29 is 18.3 Å². The Morgan fingerprint density at radius 3 is 2.96 bits per heavy atom. The highest BCUT2D eigenvalue weighted by atomic mass is 32.1. The van der Waals surface area contributed by atoms with Gasteiger partial charge in [0.2, 0.25) is 5.91 Å². The van der Waals surface area contributed by atoms with Crippen molar-refractivity contribution in [3.05, 3.63) is 29.6 Å². The van der Waals surface area contributed by atoms with Gasteiger partial charge in [0.1, 0.15) is 5.75 Å². The average Bonchev–Trinajstić information content (AvgIpc) is 3.23. The zero-order valence-electron chi connectivity index (χ0n) is 13.5. The standard InChI is InChI=1S/C17H19F2N3O2S/c18-16(19)24-14-7-2-1-5-12(14)13-9-25-17(21-13)22-15(23)11-6-3-4-10(11)8-20/h1-2,5,7,9-11,16H,3-4,6,8,20H2,(H,21,22,23)/t10-,11-/m1/s1. The predicted octanol–water partition coefficient (Wildman–Crippen LogP) is 3.73. The molecule has 1 aliphatic carbocycles. The van der Waals surface area contributed by atoms with Gasteiger partial charge < -0.3 is 15.8 Å². The van der Waals surface area contributed by atoms with Crippen LogP contribution in [0.4, 0.5) is 13.9 Å². The van der Waals surface area contributed by atoms with Crippen molar-refractivity contribution in [3.8, 4) is 17.0 Å². The number of hydrogen-bond donors (Lipinski definition) is 2. The number of nitrogens with zero attached hydrogens (tertiary/aromatic N) is 1. The van der Waals surface area contributed by atoms with Gasteiger partial charge in [-0.2, -0.15) is 8.78 Å². The third-order valence-electron chi connectivity index (χ3n) is 4.41. The number of hydrogen-bond acceptors (Lipinski definition) is 5. The van der Waals surface area contributed by atoms with Crippen LogP contribution in [0.1, 0.15) is 19.3 Å². The highest BCUT2D eigenvalue weighted by molar-refractivity contribution is 7.14. The maximum atomic E-state index is 12.5. The Morgan fingerprint density at radius 2 is 2.20 bits per heavy atom. The van der Waals surface area contributed by atoms with Crippen molar-refractivity contribution in [2.45, 2.75) is 25.9 Å². The Hall–Kier alpha value is -2.06. The van der Waals surface area contributed by atoms with Crippen LogP contribution in [-0.4, -0.2) is 24.0 Å². The van der Waals surface area contributed by atoms with Crippen molar-refractivity contribution in [1.82, 2.24) is 4.98 Å². The molecule has 8 heteroatoms. The molecule has 2 atom stereocenters. The van der Waals surface area contributed by atoms with E-state index in [1.165, 1.54) is 17.4 Å². The smallest absolute Gasteiger partial charge is 0.387 e. The summed E-state index contributed by atoms with van der Waals surface area (Å²) in [5, 5.41) is 4.97. The number of alkyl halides is 2. The lowest BCUT2D eigenvalue weighted by Crippen LogP contribution is -2.29. The van der Waals surface area contributed by atoms with Crippen molar-refractivity contribution in [2.24, 2.45) is 17.6 Å². The Balaban J connectivity index is 1.74. The minimum absolute atomic E-state index is 0.0552. The number of anilines is 1. The van der Waals surface area contributed by atoms with Gasteiger partial charge in [-0.3, -0.25) is 4.79 Å². The average molecular weight is 367 g/mol. The van der Waals surface area contributed by atoms with Crippen LogP contribution < -0.4 is 15.8 Å². The summed E-state index contributed by atoms with van der Waals surface area (Å²) in [7, 11) is 0. The van der Waals surface area contributed by atoms with E-state index in [1.807, 2.05) is 0 Å². The first-order valence-electron chi connectivity index (χ1n) is 8.09. The van der Waals surface area contributed by atoms with E-state index in [4.69, 9.17) is 5.73 Å². The van der Waals surface area contributed by atoms with Crippen LogP contribution in [0.3, 0.4) is 0 Å². The number of nitrogens with two attached hydrogens (primary N) is 1. The minimum atomic E-state index is -2.91. The number of thiazole rings is 1. The third-order valence-corrected chi connectivity index (χ3v) is 5.17. The number of benzene rings is 1. The highest BCUT2D eigenvalue weighted by Gasteiger charge is 2.32. The van der Waals surface area contributed by atoms with Gasteiger partial charge in [-0.15, -0.1) is 11.3 Å². The molecule has 0 bridgehead atoms. The van der Waals surface area contributed by atoms with Gasteiger partial charge in [0, 0.05) is 16.9 Å². The number of carbonyl (C=O) groups excluding carboxylic acids is 1. The second kappa shape index (κ2) is 7.88. The molecule has 25 heavy (non-hydrogen) atoms. The molecular formula is C17H19F2N3O2S. The van der Waals surface area contributed by atoms with Gasteiger partial charge in [-0.25, -0.2) is 4.98 Å². The molecule has 1 aliphatic rings. The second-order valence-electron chi connectivity index (χ2n) is 5.93. The number of rotatable bonds is 6. The monoisotopic (exact) mass is 367 g/mol. The molecule has 1 fully saturated rings. The molecule has 2 aromatic rings. The summed E-state index contributed by atoms with van der Waals surface area (Å²) in [5.41, 5.74) is 6.67. The number of para-hydroxylation sites is 1. The van der Waals surface area contributed by atoms with E-state index in [0.717, 1.165) is 19.3 Å². The highest BCUT2D eigenvalue weighted by Crippen LogP contribution is 2.35. The summed E-state index contributed by atoms with van der Waals surface area (Å²) < 4.78 is 29.6. The Bertz CT molecular complexity index is 738. The zero-order valence-corrected chi connectivity index (χ0v) is 14.3. The van der Waals surface area contributed by atoms with Crippen LogP contribution in [0.15, 0.2) is 29.6 Å². The molecule has 0 unspecified atom stereocenters. The fourth-order valence-corrected chi connectivity index (χ4v) is 3.91. The molecule has 0 radical (unpaired) electrons. The van der Waals surface area contributed by atoms with Gasteiger partial charge in [0.15, 0.2) is 5.13 Å². The van der Waals surface area contributed by atoms with E-state index in [2.05, 4.69) is 15.0 Å². The molecule has 134 valence electrons. The number of carbonyl (C=O) groups is 1. The molecule has 5 nitrogen and oxygen atoms in total. The fraction of sp³-hybridized carbons (Fsp3) is 0.412. The number of amides is 1. The van der Waals surface area contributed by atoms with Gasteiger partial charge in [-0.1, -0.05) is 18.6 Å². The van der Waals surface area contributed by atoms with Crippen LogP contribution in [0.5, 0.6) is 5.75 Å². The summed E-state index contributed by atoms with van der Waals surface area (Å²) in [6.07, 6.45) is 2.80. The lowest BCUT2D eigenvalue weighted by Gasteiger charge is -2.16. The number of aromatic nitrogens is 1. The predicted molar refractivity (Wildman–Crippen MR) is 92.7 cm³/mol. The SMILES string of the molecule is NC[C@H]1CCC[C@H]1C(=O)Nc1nc(-c2ccccc2OC(F)F)cs1. The first kappa shape index (κ1) is 17.8. The molecular weight excluding hydrogens is 348 g/mol. The van der Waals surface area contributed by atoms with Crippen molar-refractivity contribution in [3.63, 3.8) is 0 Å². The maximum Gasteiger partial charge on any atom is 0.387 e. The Kier molecular flexibility index (Phi) is 5.60. The Morgan fingerprint density at radius 1 is 1.40 bits per heavy atom. The van der Waals surface area contributed by atoms with Crippen LogP contribution >= 0.6 is 11.3 Å². The normalized spacial score (nSPS) is 20.0. The zero-order chi connectivity index (χ0) is 17.8. The Labute approximate surface area is 148 Å². The van der Waals surface area contributed by atoms with Crippen molar-refractivity contribution in [2.75, 3.05) is 11.9 Å². The minimum Gasteiger partial charge on any atom is -0.434 e. The number of nitrogens with one attached hydrogen (secondary N) is 1. The summed E-state index contributed by atoms with van der Waals surface area (Å²) in [4.78, 5) is 16.8. The fourth-order valence-electron chi connectivity index (χ4n) is 3.19. The van der Waals surface area contributed by atoms with E-state index >= 15 is 0 Å². The molecule has 1 aromatic carbocycles. The molecule has 3 N–H and O–H groups in total. The van der Waals surface area contributed by atoms with E-state index in [1.54, 1.807) is 23.6 Å². The molecule has 0 spiro atoms. The lowest BCUT2D eigenvalue weighted by molar-refractivity contribution is -0.120. The van der Waals surface area contributed by atoms with Gasteiger partial charge in [0.05, 0.1) is 5.69 Å². The summed E-state index contributed by atoms with van der Waals surface area (Å²) in [6, 6.07) is 6.45. The number of ether oxygens (including phenoxy) is 1. The van der Waals surface area contributed by atoms with Crippen LogP contribution in [-0.2, 0) is 4.79 Å². The van der Waals surface area contributed by atoms with E-state index in [-0.39, 0.29) is 23.5 Å². The van der Waals surface area contributed by atoms with Crippen LogP contribution in [0, 0.1) is 11.8 Å². The molecule has 0 aliphatic heterocycles. The number of halogens is 2. The molecule has 1 amide bonds. The van der Waals surface area contributed by atoms with E-state index in [9.17, 15) is 13.6 Å². The summed E-state index contributed by atoms with van der Waals surface area (Å²) >= 11 is 1.25. The van der Waals surface area contributed by atoms with Gasteiger partial charge in [-0.05, 0) is 37.4 Å². The third kappa shape index (κ3) is 4.13. The molecule has 1 aromatic heterocycles. The molecule has 0 saturated heterocycles. The molecule has 1 heterocycles. The largest absolute Gasteiger partial charge is 0.434 e. The van der Waals surface area contributed by atoms with Crippen LogP contribution in [0.2, 0.25) is 0 Å². The lowest BCUT2D eigenvalue weighted by atomic mass is 9.95.